The minimum atomic E-state index is -0.825. The second-order valence-electron chi connectivity index (χ2n) is 4.91. The molecule has 0 bridgehead atoms. The van der Waals surface area contributed by atoms with Crippen LogP contribution in [0.3, 0.4) is 0 Å². The van der Waals surface area contributed by atoms with Crippen LogP contribution in [0.4, 0.5) is 5.69 Å². The molecule has 0 amide bonds. The van der Waals surface area contributed by atoms with Crippen molar-refractivity contribution in [3.05, 3.63) is 29.8 Å². The lowest BCUT2D eigenvalue weighted by Gasteiger charge is -2.20. The number of benzene rings is 1. The molecule has 0 saturated carbocycles. The molecular formula is C13H19N3O2. The highest BCUT2D eigenvalue weighted by molar-refractivity contribution is 5.75. The normalized spacial score (nSPS) is 27.2. The largest absolute Gasteiger partial charge is 0.480 e. The maximum absolute atomic E-state index is 11.2. The Labute approximate surface area is 107 Å². The van der Waals surface area contributed by atoms with Gasteiger partial charge in [0, 0.05) is 31.7 Å². The molecule has 18 heavy (non-hydrogen) atoms. The Bertz CT molecular complexity index is 430. The monoisotopic (exact) mass is 249 g/mol. The number of nitrogens with one attached hydrogen (secondary N) is 2. The molecular weight excluding hydrogens is 230 g/mol. The lowest BCUT2D eigenvalue weighted by atomic mass is 9.88. The summed E-state index contributed by atoms with van der Waals surface area (Å²) in [5.74, 6) is -0.882. The predicted octanol–water partition coefficient (Wildman–Crippen LogP) is 0.786. The topological polar surface area (TPSA) is 64.6 Å². The molecule has 1 aliphatic heterocycles. The van der Waals surface area contributed by atoms with Crippen molar-refractivity contribution >= 4 is 11.7 Å². The highest BCUT2D eigenvalue weighted by Crippen LogP contribution is 2.28. The van der Waals surface area contributed by atoms with Crippen molar-refractivity contribution in [3.63, 3.8) is 0 Å². The molecule has 3 unspecified atom stereocenters. The van der Waals surface area contributed by atoms with E-state index in [1.807, 2.05) is 50.2 Å². The van der Waals surface area contributed by atoms with Gasteiger partial charge in [0.1, 0.15) is 6.04 Å². The third-order valence-electron chi connectivity index (χ3n) is 3.42. The lowest BCUT2D eigenvalue weighted by Crippen LogP contribution is -2.38. The summed E-state index contributed by atoms with van der Waals surface area (Å²) in [6, 6.07) is 7.54. The standard InChI is InChI=1S/C13H19N3O2/c1-8-11(12(13(17)18)15-14-8)9-4-6-10(7-5-9)16(2)3/h4-8,11-12,14-15H,1-3H3,(H,17,18). The number of anilines is 1. The molecule has 1 fully saturated rings. The predicted molar refractivity (Wildman–Crippen MR) is 70.7 cm³/mol. The second kappa shape index (κ2) is 4.96. The molecule has 5 nitrogen and oxygen atoms in total. The first-order chi connectivity index (χ1) is 8.50. The van der Waals surface area contributed by atoms with Gasteiger partial charge in [-0.1, -0.05) is 12.1 Å². The van der Waals surface area contributed by atoms with Gasteiger partial charge in [0.05, 0.1) is 0 Å². The van der Waals surface area contributed by atoms with Crippen LogP contribution in [0, 0.1) is 0 Å². The first kappa shape index (κ1) is 12.9. The van der Waals surface area contributed by atoms with Crippen LogP contribution in [0.2, 0.25) is 0 Å². The van der Waals surface area contributed by atoms with Crippen molar-refractivity contribution in [1.82, 2.24) is 10.9 Å². The van der Waals surface area contributed by atoms with Crippen LogP contribution in [0.25, 0.3) is 0 Å². The first-order valence-electron chi connectivity index (χ1n) is 6.02. The molecule has 1 aliphatic rings. The first-order valence-corrected chi connectivity index (χ1v) is 6.02. The molecule has 1 saturated heterocycles. The Morgan fingerprint density at radius 3 is 2.33 bits per heavy atom. The van der Waals surface area contributed by atoms with Crippen molar-refractivity contribution in [2.24, 2.45) is 0 Å². The van der Waals surface area contributed by atoms with Gasteiger partial charge in [0.15, 0.2) is 0 Å². The SMILES string of the molecule is CC1NNC(C(=O)O)C1c1ccc(N(C)C)cc1. The fourth-order valence-electron chi connectivity index (χ4n) is 2.38. The molecule has 3 atom stereocenters. The number of hydrogen-bond donors (Lipinski definition) is 3. The molecule has 2 rings (SSSR count). The summed E-state index contributed by atoms with van der Waals surface area (Å²) in [5, 5.41) is 9.19. The molecule has 5 heteroatoms. The smallest absolute Gasteiger partial charge is 0.322 e. The average molecular weight is 249 g/mol. The number of hydrazine groups is 1. The fraction of sp³-hybridized carbons (Fsp3) is 0.462. The van der Waals surface area contributed by atoms with Gasteiger partial charge in [-0.05, 0) is 24.6 Å². The van der Waals surface area contributed by atoms with Gasteiger partial charge >= 0.3 is 5.97 Å². The zero-order valence-corrected chi connectivity index (χ0v) is 10.8. The highest BCUT2D eigenvalue weighted by atomic mass is 16.4. The lowest BCUT2D eigenvalue weighted by molar-refractivity contribution is -0.139. The summed E-state index contributed by atoms with van der Waals surface area (Å²) in [5.41, 5.74) is 7.98. The van der Waals surface area contributed by atoms with Gasteiger partial charge in [0.2, 0.25) is 0 Å². The van der Waals surface area contributed by atoms with E-state index >= 15 is 0 Å². The number of rotatable bonds is 3. The summed E-state index contributed by atoms with van der Waals surface area (Å²) in [6.07, 6.45) is 0. The van der Waals surface area contributed by atoms with Crippen molar-refractivity contribution in [2.75, 3.05) is 19.0 Å². The number of carboxylic acids is 1. The molecule has 0 aromatic heterocycles. The minimum absolute atomic E-state index is 0.0567. The van der Waals surface area contributed by atoms with Gasteiger partial charge in [0.25, 0.3) is 0 Å². The van der Waals surface area contributed by atoms with Crippen molar-refractivity contribution in [2.45, 2.75) is 24.9 Å². The van der Waals surface area contributed by atoms with Gasteiger partial charge in [-0.15, -0.1) is 0 Å². The van der Waals surface area contributed by atoms with E-state index in [1.165, 1.54) is 0 Å². The van der Waals surface area contributed by atoms with E-state index < -0.39 is 12.0 Å². The maximum Gasteiger partial charge on any atom is 0.322 e. The van der Waals surface area contributed by atoms with Gasteiger partial charge < -0.3 is 10.0 Å². The van der Waals surface area contributed by atoms with Crippen LogP contribution in [-0.2, 0) is 4.79 Å². The zero-order chi connectivity index (χ0) is 13.3. The van der Waals surface area contributed by atoms with E-state index in [-0.39, 0.29) is 12.0 Å². The molecule has 3 N–H and O–H groups in total. The summed E-state index contributed by atoms with van der Waals surface area (Å²) in [4.78, 5) is 13.2. The van der Waals surface area contributed by atoms with Gasteiger partial charge in [-0.3, -0.25) is 10.2 Å². The van der Waals surface area contributed by atoms with E-state index in [0.29, 0.717) is 0 Å². The molecule has 1 aromatic carbocycles. The highest BCUT2D eigenvalue weighted by Gasteiger charge is 2.38. The van der Waals surface area contributed by atoms with E-state index in [2.05, 4.69) is 10.9 Å². The maximum atomic E-state index is 11.2. The second-order valence-corrected chi connectivity index (χ2v) is 4.91. The number of hydrogen-bond acceptors (Lipinski definition) is 4. The van der Waals surface area contributed by atoms with E-state index in [1.54, 1.807) is 0 Å². The van der Waals surface area contributed by atoms with Crippen LogP contribution >= 0.6 is 0 Å². The van der Waals surface area contributed by atoms with E-state index in [9.17, 15) is 9.90 Å². The minimum Gasteiger partial charge on any atom is -0.480 e. The summed E-state index contributed by atoms with van der Waals surface area (Å²) in [6.45, 7) is 1.99. The van der Waals surface area contributed by atoms with E-state index in [0.717, 1.165) is 11.3 Å². The zero-order valence-electron chi connectivity index (χ0n) is 10.8. The number of nitrogens with zero attached hydrogens (tertiary/aromatic N) is 1. The molecule has 0 spiro atoms. The van der Waals surface area contributed by atoms with Crippen molar-refractivity contribution in [1.29, 1.82) is 0 Å². The quantitative estimate of drug-likeness (QED) is 0.739. The molecule has 1 aromatic rings. The Kier molecular flexibility index (Phi) is 3.54. The van der Waals surface area contributed by atoms with Crippen LogP contribution in [0.15, 0.2) is 24.3 Å². The van der Waals surface area contributed by atoms with Crippen LogP contribution in [0.5, 0.6) is 0 Å². The van der Waals surface area contributed by atoms with Crippen LogP contribution in [0.1, 0.15) is 18.4 Å². The fourth-order valence-corrected chi connectivity index (χ4v) is 2.38. The van der Waals surface area contributed by atoms with Crippen molar-refractivity contribution < 1.29 is 9.90 Å². The summed E-state index contributed by atoms with van der Waals surface area (Å²) < 4.78 is 0. The van der Waals surface area contributed by atoms with Crippen LogP contribution < -0.4 is 15.8 Å². The van der Waals surface area contributed by atoms with E-state index in [4.69, 9.17) is 0 Å². The Morgan fingerprint density at radius 1 is 1.22 bits per heavy atom. The average Bonchev–Trinajstić information content (AvgIpc) is 2.71. The number of carbonyl (C=O) groups is 1. The third-order valence-corrected chi connectivity index (χ3v) is 3.42. The molecule has 0 radical (unpaired) electrons. The molecule has 98 valence electrons. The Morgan fingerprint density at radius 2 is 1.83 bits per heavy atom. The van der Waals surface area contributed by atoms with Crippen LogP contribution in [-0.4, -0.2) is 37.3 Å². The van der Waals surface area contributed by atoms with Gasteiger partial charge in [-0.2, -0.15) is 0 Å². The molecule has 1 heterocycles. The number of aliphatic carboxylic acids is 1. The Balaban J connectivity index is 2.26. The molecule has 0 aliphatic carbocycles. The third kappa shape index (κ3) is 2.32. The van der Waals surface area contributed by atoms with Crippen molar-refractivity contribution in [3.8, 4) is 0 Å². The number of carboxylic acid groups (broad SMARTS) is 1. The summed E-state index contributed by atoms with van der Waals surface area (Å²) >= 11 is 0. The summed E-state index contributed by atoms with van der Waals surface area (Å²) in [7, 11) is 3.97. The Hall–Kier alpha value is -1.59. The van der Waals surface area contributed by atoms with Gasteiger partial charge in [-0.25, -0.2) is 5.43 Å².